The summed E-state index contributed by atoms with van der Waals surface area (Å²) in [5.74, 6) is -3.07. The number of carbonyl (C=O) groups excluding carboxylic acids is 1. The van der Waals surface area contributed by atoms with E-state index in [1.807, 2.05) is 0 Å². The van der Waals surface area contributed by atoms with Gasteiger partial charge in [-0.2, -0.15) is 4.31 Å². The molecule has 126 valence electrons. The Morgan fingerprint density at radius 2 is 2.00 bits per heavy atom. The maximum atomic E-state index is 14.1. The van der Waals surface area contributed by atoms with E-state index < -0.39 is 49.2 Å². The Kier molecular flexibility index (Phi) is 4.65. The quantitative estimate of drug-likeness (QED) is 0.864. The fraction of sp³-hybridized carbons (Fsp3) is 0.385. The van der Waals surface area contributed by atoms with E-state index in [0.29, 0.717) is 12.1 Å². The van der Waals surface area contributed by atoms with E-state index >= 15 is 0 Å². The summed E-state index contributed by atoms with van der Waals surface area (Å²) >= 11 is 5.61. The van der Waals surface area contributed by atoms with Gasteiger partial charge in [-0.3, -0.25) is 4.79 Å². The van der Waals surface area contributed by atoms with Gasteiger partial charge in [0.2, 0.25) is 15.9 Å². The molecular weight excluding hydrogens is 351 g/mol. The van der Waals surface area contributed by atoms with Gasteiger partial charge in [0.25, 0.3) is 0 Å². The Morgan fingerprint density at radius 1 is 1.39 bits per heavy atom. The van der Waals surface area contributed by atoms with Gasteiger partial charge in [0.1, 0.15) is 16.8 Å². The Hall–Kier alpha value is -1.71. The van der Waals surface area contributed by atoms with E-state index in [4.69, 9.17) is 16.7 Å². The fourth-order valence-corrected chi connectivity index (χ4v) is 4.22. The molecule has 1 amide bonds. The summed E-state index contributed by atoms with van der Waals surface area (Å²) in [4.78, 5) is 23.6. The van der Waals surface area contributed by atoms with Gasteiger partial charge in [0.05, 0.1) is 10.6 Å². The normalized spacial score (nSPS) is 19.9. The summed E-state index contributed by atoms with van der Waals surface area (Å²) in [7, 11) is -2.85. The number of hydrogen-bond acceptors (Lipinski definition) is 4. The van der Waals surface area contributed by atoms with Gasteiger partial charge in [0, 0.05) is 20.1 Å². The molecule has 1 aliphatic heterocycles. The van der Waals surface area contributed by atoms with Crippen LogP contribution in [0.25, 0.3) is 0 Å². The zero-order chi connectivity index (χ0) is 17.5. The number of halogens is 2. The fourth-order valence-electron chi connectivity index (χ4n) is 2.34. The highest BCUT2D eigenvalue weighted by molar-refractivity contribution is 7.89. The molecule has 0 bridgehead atoms. The minimum Gasteiger partial charge on any atom is -0.478 e. The van der Waals surface area contributed by atoms with Crippen LogP contribution in [0.1, 0.15) is 17.3 Å². The standard InChI is InChI=1S/C13H14ClFN2O5S/c1-7-12(18)16(2)3-4-17(7)23(21,22)11-5-8(13(19)20)9(14)6-10(11)15/h5-7H,3-4H2,1-2H3,(H,19,20). The predicted octanol–water partition coefficient (Wildman–Crippen LogP) is 1.03. The average Bonchev–Trinajstić information content (AvgIpc) is 2.43. The lowest BCUT2D eigenvalue weighted by atomic mass is 10.2. The summed E-state index contributed by atoms with van der Waals surface area (Å²) in [6.45, 7) is 1.53. The van der Waals surface area contributed by atoms with Gasteiger partial charge in [-0.25, -0.2) is 17.6 Å². The van der Waals surface area contributed by atoms with Crippen molar-refractivity contribution in [1.29, 1.82) is 0 Å². The number of likely N-dealkylation sites (N-methyl/N-ethyl adjacent to an activating group) is 1. The second-order valence-electron chi connectivity index (χ2n) is 5.12. The van der Waals surface area contributed by atoms with Crippen LogP contribution in [0.4, 0.5) is 4.39 Å². The van der Waals surface area contributed by atoms with Crippen molar-refractivity contribution in [1.82, 2.24) is 9.21 Å². The van der Waals surface area contributed by atoms with Crippen LogP contribution in [0.15, 0.2) is 17.0 Å². The summed E-state index contributed by atoms with van der Waals surface area (Å²) in [6, 6.07) is 0.299. The zero-order valence-electron chi connectivity index (χ0n) is 12.3. The van der Waals surface area contributed by atoms with Crippen molar-refractivity contribution in [2.45, 2.75) is 17.9 Å². The molecule has 1 aromatic carbocycles. The molecule has 1 atom stereocenters. The molecule has 1 fully saturated rings. The van der Waals surface area contributed by atoms with E-state index in [9.17, 15) is 22.4 Å². The highest BCUT2D eigenvalue weighted by Gasteiger charge is 2.39. The first kappa shape index (κ1) is 17.6. The van der Waals surface area contributed by atoms with Crippen LogP contribution in [0.3, 0.4) is 0 Å². The number of hydrogen-bond donors (Lipinski definition) is 1. The molecule has 0 saturated carbocycles. The average molecular weight is 365 g/mol. The molecule has 0 radical (unpaired) electrons. The van der Waals surface area contributed by atoms with Crippen LogP contribution < -0.4 is 0 Å². The minimum absolute atomic E-state index is 0.0176. The monoisotopic (exact) mass is 364 g/mol. The van der Waals surface area contributed by atoms with Crippen molar-refractivity contribution in [3.05, 3.63) is 28.5 Å². The van der Waals surface area contributed by atoms with Crippen LogP contribution in [-0.2, 0) is 14.8 Å². The number of carbonyl (C=O) groups is 2. The van der Waals surface area contributed by atoms with Crippen LogP contribution >= 0.6 is 11.6 Å². The van der Waals surface area contributed by atoms with Gasteiger partial charge in [-0.15, -0.1) is 0 Å². The number of carboxylic acids is 1. The molecule has 7 nitrogen and oxygen atoms in total. The second kappa shape index (κ2) is 6.06. The Balaban J connectivity index is 2.54. The molecule has 1 heterocycles. The number of sulfonamides is 1. The predicted molar refractivity (Wildman–Crippen MR) is 79.4 cm³/mol. The molecule has 0 aromatic heterocycles. The van der Waals surface area contributed by atoms with Crippen LogP contribution in [-0.4, -0.2) is 60.8 Å². The summed E-state index contributed by atoms with van der Waals surface area (Å²) < 4.78 is 40.2. The van der Waals surface area contributed by atoms with Crippen LogP contribution in [0, 0.1) is 5.82 Å². The lowest BCUT2D eigenvalue weighted by Crippen LogP contribution is -2.56. The van der Waals surface area contributed by atoms with Crippen molar-refractivity contribution in [2.75, 3.05) is 20.1 Å². The topological polar surface area (TPSA) is 95.0 Å². The molecule has 23 heavy (non-hydrogen) atoms. The highest BCUT2D eigenvalue weighted by atomic mass is 35.5. The molecule has 1 aliphatic rings. The maximum absolute atomic E-state index is 14.1. The van der Waals surface area contributed by atoms with Crippen LogP contribution in [0.5, 0.6) is 0 Å². The number of benzene rings is 1. The number of aromatic carboxylic acids is 1. The van der Waals surface area contributed by atoms with Crippen molar-refractivity contribution in [2.24, 2.45) is 0 Å². The lowest BCUT2D eigenvalue weighted by molar-refractivity contribution is -0.136. The van der Waals surface area contributed by atoms with Gasteiger partial charge >= 0.3 is 5.97 Å². The van der Waals surface area contributed by atoms with E-state index in [2.05, 4.69) is 0 Å². The minimum atomic E-state index is -4.38. The van der Waals surface area contributed by atoms with Crippen molar-refractivity contribution in [3.63, 3.8) is 0 Å². The largest absolute Gasteiger partial charge is 0.478 e. The molecule has 10 heteroatoms. The first-order valence-corrected chi connectivity index (χ1v) is 8.38. The summed E-state index contributed by atoms with van der Waals surface area (Å²) in [5.41, 5.74) is -0.528. The van der Waals surface area contributed by atoms with Crippen LogP contribution in [0.2, 0.25) is 5.02 Å². The molecule has 0 spiro atoms. The first-order chi connectivity index (χ1) is 10.6. The summed E-state index contributed by atoms with van der Waals surface area (Å²) in [5, 5.41) is 8.60. The van der Waals surface area contributed by atoms with E-state index in [-0.39, 0.29) is 13.1 Å². The Labute approximate surface area is 137 Å². The Morgan fingerprint density at radius 3 is 2.57 bits per heavy atom. The first-order valence-electron chi connectivity index (χ1n) is 6.56. The SMILES string of the molecule is CC1C(=O)N(C)CCN1S(=O)(=O)c1cc(C(=O)O)c(Cl)cc1F. The third kappa shape index (κ3) is 3.04. The van der Waals surface area contributed by atoms with Crippen molar-refractivity contribution >= 4 is 33.5 Å². The van der Waals surface area contributed by atoms with E-state index in [1.165, 1.54) is 18.9 Å². The number of nitrogens with zero attached hydrogens (tertiary/aromatic N) is 2. The van der Waals surface area contributed by atoms with E-state index in [1.54, 1.807) is 0 Å². The zero-order valence-corrected chi connectivity index (χ0v) is 13.9. The van der Waals surface area contributed by atoms with E-state index in [0.717, 1.165) is 4.31 Å². The van der Waals surface area contributed by atoms with Gasteiger partial charge in [-0.1, -0.05) is 11.6 Å². The summed E-state index contributed by atoms with van der Waals surface area (Å²) in [6.07, 6.45) is 0. The molecule has 1 unspecified atom stereocenters. The molecule has 1 saturated heterocycles. The Bertz CT molecular complexity index is 783. The van der Waals surface area contributed by atoms with Gasteiger partial charge in [-0.05, 0) is 19.1 Å². The third-order valence-electron chi connectivity index (χ3n) is 3.66. The third-order valence-corrected chi connectivity index (χ3v) is 5.96. The molecule has 2 rings (SSSR count). The number of amides is 1. The second-order valence-corrected chi connectivity index (χ2v) is 7.39. The molecular formula is C13H14ClFN2O5S. The highest BCUT2D eigenvalue weighted by Crippen LogP contribution is 2.28. The molecule has 1 aromatic rings. The number of carboxylic acid groups (broad SMARTS) is 1. The number of piperazine rings is 1. The smallest absolute Gasteiger partial charge is 0.337 e. The molecule has 0 aliphatic carbocycles. The van der Waals surface area contributed by atoms with Crippen molar-refractivity contribution in [3.8, 4) is 0 Å². The number of rotatable bonds is 3. The lowest BCUT2D eigenvalue weighted by Gasteiger charge is -2.36. The van der Waals surface area contributed by atoms with Gasteiger partial charge in [0.15, 0.2) is 0 Å². The van der Waals surface area contributed by atoms with Crippen molar-refractivity contribution < 1.29 is 27.5 Å². The van der Waals surface area contributed by atoms with Gasteiger partial charge < -0.3 is 10.0 Å². The molecule has 1 N–H and O–H groups in total. The maximum Gasteiger partial charge on any atom is 0.337 e.